The Labute approximate surface area is 254 Å². The molecule has 3 aliphatic heterocycles. The van der Waals surface area contributed by atoms with Crippen molar-refractivity contribution in [3.63, 3.8) is 0 Å². The molecule has 7 rings (SSSR count). The number of ether oxygens (including phenoxy) is 2. The highest BCUT2D eigenvalue weighted by atomic mass is 35.5. The fraction of sp³-hybridized carbons (Fsp3) is 0.552. The highest BCUT2D eigenvalue weighted by Crippen LogP contribution is 2.47. The van der Waals surface area contributed by atoms with Crippen LogP contribution in [0.1, 0.15) is 37.7 Å². The lowest BCUT2D eigenvalue weighted by atomic mass is 9.95. The lowest BCUT2D eigenvalue weighted by Crippen LogP contribution is -2.45. The summed E-state index contributed by atoms with van der Waals surface area (Å²) in [6, 6.07) is 1.65. The summed E-state index contributed by atoms with van der Waals surface area (Å²) in [5, 5.41) is 2.71. The van der Waals surface area contributed by atoms with Crippen LogP contribution in [0, 0.1) is 5.82 Å². The molecule has 0 amide bonds. The van der Waals surface area contributed by atoms with Crippen LogP contribution >= 0.6 is 11.6 Å². The zero-order chi connectivity index (χ0) is 31.1. The minimum Gasteiger partial charge on any atom is -0.474 e. The molecule has 236 valence electrons. The van der Waals surface area contributed by atoms with Gasteiger partial charge in [0.2, 0.25) is 5.88 Å². The topological polar surface area (TPSA) is 102 Å². The van der Waals surface area contributed by atoms with E-state index < -0.39 is 45.5 Å². The van der Waals surface area contributed by atoms with Crippen LogP contribution in [0.2, 0.25) is 5.02 Å². The number of rotatable bonds is 5. The predicted molar refractivity (Wildman–Crippen MR) is 154 cm³/mol. The summed E-state index contributed by atoms with van der Waals surface area (Å²) >= 11 is 6.01. The predicted octanol–water partition coefficient (Wildman–Crippen LogP) is 4.99. The number of nitrogens with zero attached hydrogens (tertiary/aromatic N) is 5. The molecule has 44 heavy (non-hydrogen) atoms. The SMILES string of the molecule is CNC1CC2CC1N(C)c1nc(OC[C@@]34CCCN3C[C@H](F)C4)nc3c(F)c(-c4cc(N)cc(Cl)c4C(F)(F)F)nc(c13)O2. The number of halogens is 6. The van der Waals surface area contributed by atoms with E-state index in [0.29, 0.717) is 25.8 Å². The molecule has 2 saturated heterocycles. The van der Waals surface area contributed by atoms with Crippen LogP contribution < -0.4 is 25.4 Å². The van der Waals surface area contributed by atoms with Gasteiger partial charge in [-0.25, -0.2) is 13.8 Å². The number of anilines is 2. The Bertz CT molecular complexity index is 1640. The van der Waals surface area contributed by atoms with Gasteiger partial charge in [-0.15, -0.1) is 0 Å². The summed E-state index contributed by atoms with van der Waals surface area (Å²) in [7, 11) is 3.64. The lowest BCUT2D eigenvalue weighted by Gasteiger charge is -2.33. The molecule has 3 N–H and O–H groups in total. The van der Waals surface area contributed by atoms with E-state index in [4.69, 9.17) is 26.8 Å². The van der Waals surface area contributed by atoms with E-state index in [0.717, 1.165) is 31.5 Å². The fourth-order valence-electron chi connectivity index (χ4n) is 7.56. The lowest BCUT2D eigenvalue weighted by molar-refractivity contribution is -0.137. The third-order valence-electron chi connectivity index (χ3n) is 9.56. The molecule has 3 aromatic rings. The van der Waals surface area contributed by atoms with Crippen LogP contribution in [0.3, 0.4) is 0 Å². The monoisotopic (exact) mass is 639 g/mol. The van der Waals surface area contributed by atoms with Crippen LogP contribution in [0.4, 0.5) is 33.5 Å². The second kappa shape index (κ2) is 10.4. The first kappa shape index (κ1) is 29.5. The summed E-state index contributed by atoms with van der Waals surface area (Å²) in [6.07, 6.45) is -3.21. The Balaban J connectivity index is 1.42. The number of nitrogens with one attached hydrogen (secondary N) is 1. The first-order valence-corrected chi connectivity index (χ1v) is 14.9. The molecule has 0 radical (unpaired) electrons. The second-order valence-corrected chi connectivity index (χ2v) is 12.6. The third-order valence-corrected chi connectivity index (χ3v) is 9.86. The summed E-state index contributed by atoms with van der Waals surface area (Å²) in [6.45, 7) is 1.15. The number of nitrogens with two attached hydrogens (primary N) is 1. The molecule has 5 atom stereocenters. The molecular formula is C29H31ClF5N7O2. The Kier molecular flexibility index (Phi) is 6.98. The summed E-state index contributed by atoms with van der Waals surface area (Å²) in [5.74, 6) is -0.973. The standard InChI is InChI=1S/C29H31ClF5N7O2/c1-37-18-8-15-9-19(18)41(2)25-20-24(39-27(40-25)43-12-28-4-3-5-42(28)11-13(31)10-28)22(32)23(38-26(20)44-15)16-6-14(36)7-17(30)21(16)29(33,34)35/h6-7,13,15,18-19,37H,3-5,8-12,36H2,1-2H3/t13-,15?,18?,19?,28+/m1/s1. The van der Waals surface area contributed by atoms with E-state index in [1.165, 1.54) is 0 Å². The van der Waals surface area contributed by atoms with Crippen LogP contribution in [-0.2, 0) is 6.18 Å². The number of aromatic nitrogens is 3. The first-order chi connectivity index (χ1) is 20.9. The van der Waals surface area contributed by atoms with Gasteiger partial charge in [-0.05, 0) is 38.6 Å². The van der Waals surface area contributed by atoms with Gasteiger partial charge in [-0.2, -0.15) is 23.1 Å². The van der Waals surface area contributed by atoms with Crippen molar-refractivity contribution >= 4 is 34.0 Å². The second-order valence-electron chi connectivity index (χ2n) is 12.2. The minimum atomic E-state index is -4.94. The van der Waals surface area contributed by atoms with E-state index in [2.05, 4.69) is 25.2 Å². The van der Waals surface area contributed by atoms with E-state index in [1.807, 2.05) is 19.0 Å². The summed E-state index contributed by atoms with van der Waals surface area (Å²) in [5.41, 5.74) is 2.34. The average molecular weight is 640 g/mol. The maximum atomic E-state index is 16.6. The highest BCUT2D eigenvalue weighted by molar-refractivity contribution is 6.32. The highest BCUT2D eigenvalue weighted by Gasteiger charge is 2.50. The number of likely N-dealkylation sites (N-methyl/N-ethyl adjacent to an activating group) is 2. The van der Waals surface area contributed by atoms with Crippen LogP contribution in [0.25, 0.3) is 22.2 Å². The number of alkyl halides is 4. The number of hydrogen-bond donors (Lipinski definition) is 2. The first-order valence-electron chi connectivity index (χ1n) is 14.5. The van der Waals surface area contributed by atoms with Gasteiger partial charge in [0, 0.05) is 56.2 Å². The van der Waals surface area contributed by atoms with E-state index in [1.54, 1.807) is 0 Å². The van der Waals surface area contributed by atoms with E-state index in [9.17, 15) is 17.6 Å². The maximum absolute atomic E-state index is 16.6. The van der Waals surface area contributed by atoms with Gasteiger partial charge in [0.1, 0.15) is 41.3 Å². The zero-order valence-corrected chi connectivity index (χ0v) is 24.8. The molecule has 4 aliphatic rings. The Morgan fingerprint density at radius 1 is 1.23 bits per heavy atom. The molecule has 2 bridgehead atoms. The summed E-state index contributed by atoms with van der Waals surface area (Å²) < 4.78 is 86.2. The number of fused-ring (bicyclic) bond motifs is 3. The largest absolute Gasteiger partial charge is 0.474 e. The fourth-order valence-corrected chi connectivity index (χ4v) is 7.89. The molecule has 2 aromatic heterocycles. The van der Waals surface area contributed by atoms with E-state index >= 15 is 4.39 Å². The zero-order valence-electron chi connectivity index (χ0n) is 24.0. The van der Waals surface area contributed by atoms with Crippen molar-refractivity contribution in [1.82, 2.24) is 25.2 Å². The molecule has 1 aliphatic carbocycles. The molecule has 1 aromatic carbocycles. The molecule has 0 spiro atoms. The smallest absolute Gasteiger partial charge is 0.418 e. The summed E-state index contributed by atoms with van der Waals surface area (Å²) in [4.78, 5) is 17.3. The Morgan fingerprint density at radius 3 is 2.77 bits per heavy atom. The van der Waals surface area contributed by atoms with Gasteiger partial charge in [-0.3, -0.25) is 4.90 Å². The van der Waals surface area contributed by atoms with Crippen molar-refractivity contribution in [1.29, 1.82) is 0 Å². The van der Waals surface area contributed by atoms with Crippen LogP contribution in [-0.4, -0.2) is 83.5 Å². The molecule has 3 unspecified atom stereocenters. The van der Waals surface area contributed by atoms with Crippen molar-refractivity contribution in [2.75, 3.05) is 44.4 Å². The molecule has 9 nitrogen and oxygen atoms in total. The number of benzene rings is 1. The minimum absolute atomic E-state index is 0.0199. The van der Waals surface area contributed by atoms with Gasteiger partial charge in [0.25, 0.3) is 0 Å². The van der Waals surface area contributed by atoms with Gasteiger partial charge in [-0.1, -0.05) is 11.6 Å². The number of hydrogen-bond acceptors (Lipinski definition) is 9. The van der Waals surface area contributed by atoms with Gasteiger partial charge in [0.15, 0.2) is 5.82 Å². The molecular weight excluding hydrogens is 609 g/mol. The number of pyridine rings is 1. The normalized spacial score (nSPS) is 28.2. The number of nitrogen functional groups attached to an aromatic ring is 1. The van der Waals surface area contributed by atoms with Crippen molar-refractivity contribution in [3.8, 4) is 23.1 Å². The molecule has 3 fully saturated rings. The van der Waals surface area contributed by atoms with Crippen molar-refractivity contribution in [3.05, 3.63) is 28.5 Å². The van der Waals surface area contributed by atoms with Crippen molar-refractivity contribution in [2.24, 2.45) is 0 Å². The molecule has 5 heterocycles. The van der Waals surface area contributed by atoms with Crippen LogP contribution in [0.5, 0.6) is 11.9 Å². The average Bonchev–Trinajstić information content (AvgIpc) is 3.63. The van der Waals surface area contributed by atoms with Gasteiger partial charge < -0.3 is 25.4 Å². The van der Waals surface area contributed by atoms with Crippen LogP contribution in [0.15, 0.2) is 12.1 Å². The Morgan fingerprint density at radius 2 is 2.02 bits per heavy atom. The Hall–Kier alpha value is -3.23. The maximum Gasteiger partial charge on any atom is 0.418 e. The van der Waals surface area contributed by atoms with Crippen molar-refractivity contribution in [2.45, 2.75) is 68.2 Å². The van der Waals surface area contributed by atoms with E-state index in [-0.39, 0.29) is 59.1 Å². The molecule has 15 heteroatoms. The van der Waals surface area contributed by atoms with Gasteiger partial charge >= 0.3 is 12.2 Å². The third kappa shape index (κ3) is 4.67. The van der Waals surface area contributed by atoms with Gasteiger partial charge in [0.05, 0.1) is 16.1 Å². The quantitative estimate of drug-likeness (QED) is 0.295. The van der Waals surface area contributed by atoms with Crippen molar-refractivity contribution < 1.29 is 31.4 Å². The molecule has 1 saturated carbocycles.